The van der Waals surface area contributed by atoms with E-state index in [1.54, 1.807) is 0 Å². The Hall–Kier alpha value is -8.00. The van der Waals surface area contributed by atoms with Gasteiger partial charge in [-0.05, 0) is 104 Å². The highest BCUT2D eigenvalue weighted by Gasteiger charge is 2.24. The summed E-state index contributed by atoms with van der Waals surface area (Å²) in [5, 5.41) is 17.0. The van der Waals surface area contributed by atoms with Crippen LogP contribution in [-0.2, 0) is 0 Å². The topological polar surface area (TPSA) is 13.1 Å². The fourth-order valence-electron chi connectivity index (χ4n) is 10.6. The van der Waals surface area contributed by atoms with Crippen molar-refractivity contribution >= 4 is 86.6 Å². The maximum absolute atomic E-state index is 7.14. The van der Waals surface area contributed by atoms with Gasteiger partial charge >= 0.3 is 0 Å². The molecule has 12 aromatic carbocycles. The van der Waals surface area contributed by atoms with E-state index in [0.717, 1.165) is 27.5 Å². The zero-order valence-electron chi connectivity index (χ0n) is 33.2. The van der Waals surface area contributed by atoms with E-state index in [9.17, 15) is 0 Å². The van der Waals surface area contributed by atoms with Crippen LogP contribution in [-0.4, -0.2) is 0 Å². The molecule has 0 N–H and O–H groups in total. The summed E-state index contributed by atoms with van der Waals surface area (Å²) in [5.41, 5.74) is 11.5. The second kappa shape index (κ2) is 13.3. The van der Waals surface area contributed by atoms with Crippen molar-refractivity contribution in [2.45, 2.75) is 0 Å². The van der Waals surface area contributed by atoms with E-state index >= 15 is 0 Å². The standard InChI is InChI=1S/C60H36O/c1-3-21-39-37(17-1)19-13-31-41(39)55-43-23-5-9-27-47(43)57(48-28-10-6-24-44(48)55)51-33-16-36-54-59(51)53-35-15-34-52(60(53)61-54)58-49-29-11-7-25-45(49)56(46-26-8-12-30-50(46)58)42-32-14-20-38-18-2-4-22-40(38)42/h1-36H. The van der Waals surface area contributed by atoms with Gasteiger partial charge in [0.1, 0.15) is 11.2 Å². The number of rotatable bonds is 4. The van der Waals surface area contributed by atoms with Gasteiger partial charge < -0.3 is 4.42 Å². The minimum Gasteiger partial charge on any atom is -0.455 e. The van der Waals surface area contributed by atoms with Crippen molar-refractivity contribution in [3.8, 4) is 44.5 Å². The van der Waals surface area contributed by atoms with Crippen LogP contribution in [0.5, 0.6) is 0 Å². The highest BCUT2D eigenvalue weighted by Crippen LogP contribution is 2.51. The molecule has 0 aliphatic rings. The van der Waals surface area contributed by atoms with Crippen LogP contribution in [0.3, 0.4) is 0 Å². The summed E-state index contributed by atoms with van der Waals surface area (Å²) in [4.78, 5) is 0. The third-order valence-corrected chi connectivity index (χ3v) is 13.0. The van der Waals surface area contributed by atoms with E-state index < -0.39 is 0 Å². The summed E-state index contributed by atoms with van der Waals surface area (Å²) < 4.78 is 7.14. The van der Waals surface area contributed by atoms with Crippen LogP contribution >= 0.6 is 0 Å². The summed E-state index contributed by atoms with van der Waals surface area (Å²) in [5.74, 6) is 0. The van der Waals surface area contributed by atoms with Gasteiger partial charge in [0.2, 0.25) is 0 Å². The molecule has 0 aliphatic heterocycles. The fourth-order valence-corrected chi connectivity index (χ4v) is 10.6. The van der Waals surface area contributed by atoms with E-state index in [2.05, 4.69) is 218 Å². The van der Waals surface area contributed by atoms with Crippen LogP contribution in [0.2, 0.25) is 0 Å². The lowest BCUT2D eigenvalue weighted by atomic mass is 9.83. The average molecular weight is 773 g/mol. The zero-order valence-corrected chi connectivity index (χ0v) is 33.2. The zero-order chi connectivity index (χ0) is 40.0. The molecule has 0 unspecified atom stereocenters. The Balaban J connectivity index is 1.11. The average Bonchev–Trinajstić information content (AvgIpc) is 3.72. The van der Waals surface area contributed by atoms with Crippen LogP contribution in [0.4, 0.5) is 0 Å². The number of para-hydroxylation sites is 1. The normalized spacial score (nSPS) is 11.9. The van der Waals surface area contributed by atoms with Gasteiger partial charge in [-0.15, -0.1) is 0 Å². The molecule has 13 rings (SSSR count). The Morgan fingerprint density at radius 2 is 0.508 bits per heavy atom. The van der Waals surface area contributed by atoms with Gasteiger partial charge in [-0.25, -0.2) is 0 Å². The van der Waals surface area contributed by atoms with E-state index in [-0.39, 0.29) is 0 Å². The highest BCUT2D eigenvalue weighted by molar-refractivity contribution is 6.29. The minimum absolute atomic E-state index is 0.882. The molecule has 1 nitrogen and oxygen atoms in total. The molecule has 0 amide bonds. The summed E-state index contributed by atoms with van der Waals surface area (Å²) >= 11 is 0. The van der Waals surface area contributed by atoms with Crippen LogP contribution in [0.25, 0.3) is 131 Å². The lowest BCUT2D eigenvalue weighted by molar-refractivity contribution is 0.670. The van der Waals surface area contributed by atoms with Gasteiger partial charge in [-0.3, -0.25) is 0 Å². The molecule has 0 radical (unpaired) electrons. The predicted molar refractivity (Wildman–Crippen MR) is 260 cm³/mol. The first-order valence-electron chi connectivity index (χ1n) is 21.1. The van der Waals surface area contributed by atoms with Crippen LogP contribution in [0, 0.1) is 0 Å². The molecule has 0 saturated carbocycles. The van der Waals surface area contributed by atoms with Gasteiger partial charge in [0.05, 0.1) is 0 Å². The molecule has 0 saturated heterocycles. The van der Waals surface area contributed by atoms with Gasteiger partial charge in [0.15, 0.2) is 0 Å². The minimum atomic E-state index is 0.882. The Labute approximate surface area is 352 Å². The molecular formula is C60H36O. The number of fused-ring (bicyclic) bond motifs is 9. The summed E-state index contributed by atoms with van der Waals surface area (Å²) in [6, 6.07) is 79.8. The number of hydrogen-bond acceptors (Lipinski definition) is 1. The first-order valence-corrected chi connectivity index (χ1v) is 21.1. The fraction of sp³-hybridized carbons (Fsp3) is 0. The van der Waals surface area contributed by atoms with Crippen molar-refractivity contribution in [2.24, 2.45) is 0 Å². The van der Waals surface area contributed by atoms with Crippen molar-refractivity contribution < 1.29 is 4.42 Å². The van der Waals surface area contributed by atoms with Crippen molar-refractivity contribution in [3.63, 3.8) is 0 Å². The van der Waals surface area contributed by atoms with Gasteiger partial charge in [-0.2, -0.15) is 0 Å². The highest BCUT2D eigenvalue weighted by atomic mass is 16.3. The van der Waals surface area contributed by atoms with Crippen LogP contribution in [0.15, 0.2) is 223 Å². The van der Waals surface area contributed by atoms with E-state index in [1.165, 1.54) is 104 Å². The number of hydrogen-bond donors (Lipinski definition) is 0. The van der Waals surface area contributed by atoms with Gasteiger partial charge in [0, 0.05) is 21.9 Å². The Bertz CT molecular complexity index is 3820. The molecule has 0 spiro atoms. The molecule has 0 aliphatic carbocycles. The molecule has 1 aromatic heterocycles. The number of furan rings is 1. The molecule has 61 heavy (non-hydrogen) atoms. The van der Waals surface area contributed by atoms with E-state index in [0.29, 0.717) is 0 Å². The lowest BCUT2D eigenvalue weighted by Crippen LogP contribution is -1.92. The van der Waals surface area contributed by atoms with E-state index in [1.807, 2.05) is 0 Å². The molecule has 13 aromatic rings. The molecule has 1 heterocycles. The van der Waals surface area contributed by atoms with Crippen molar-refractivity contribution in [3.05, 3.63) is 218 Å². The summed E-state index contributed by atoms with van der Waals surface area (Å²) in [6.07, 6.45) is 0. The van der Waals surface area contributed by atoms with Gasteiger partial charge in [-0.1, -0.05) is 212 Å². The molecular weight excluding hydrogens is 737 g/mol. The molecule has 282 valence electrons. The maximum Gasteiger partial charge on any atom is 0.143 e. The Morgan fingerprint density at radius 1 is 0.213 bits per heavy atom. The second-order valence-corrected chi connectivity index (χ2v) is 16.2. The molecule has 0 fully saturated rings. The summed E-state index contributed by atoms with van der Waals surface area (Å²) in [7, 11) is 0. The summed E-state index contributed by atoms with van der Waals surface area (Å²) in [6.45, 7) is 0. The quantitative estimate of drug-likeness (QED) is 0.162. The molecule has 0 bridgehead atoms. The Kier molecular flexibility index (Phi) is 7.37. The second-order valence-electron chi connectivity index (χ2n) is 16.2. The van der Waals surface area contributed by atoms with Crippen LogP contribution in [0.1, 0.15) is 0 Å². The van der Waals surface area contributed by atoms with Crippen molar-refractivity contribution in [1.29, 1.82) is 0 Å². The monoisotopic (exact) mass is 772 g/mol. The third kappa shape index (κ3) is 4.95. The first-order chi connectivity index (χ1) is 30.3. The first kappa shape index (κ1) is 33.9. The maximum atomic E-state index is 7.14. The Morgan fingerprint density at radius 3 is 0.967 bits per heavy atom. The smallest absolute Gasteiger partial charge is 0.143 e. The largest absolute Gasteiger partial charge is 0.455 e. The van der Waals surface area contributed by atoms with Crippen molar-refractivity contribution in [1.82, 2.24) is 0 Å². The lowest BCUT2D eigenvalue weighted by Gasteiger charge is -2.19. The predicted octanol–water partition coefficient (Wildman–Crippen LogP) is 17.2. The van der Waals surface area contributed by atoms with Crippen molar-refractivity contribution in [2.75, 3.05) is 0 Å². The molecule has 0 atom stereocenters. The number of benzene rings is 12. The molecule has 1 heteroatoms. The third-order valence-electron chi connectivity index (χ3n) is 13.0. The van der Waals surface area contributed by atoms with Gasteiger partial charge in [0.25, 0.3) is 0 Å². The van der Waals surface area contributed by atoms with Crippen LogP contribution < -0.4 is 0 Å². The van der Waals surface area contributed by atoms with E-state index in [4.69, 9.17) is 4.42 Å². The SMILES string of the molecule is c1ccc2c(-c3c4ccccc4c(-c4cccc5c4oc4cccc(-c6c7ccccc7c(-c7cccc8ccccc78)c7ccccc67)c45)c4ccccc34)cccc2c1.